The van der Waals surface area contributed by atoms with Crippen LogP contribution in [0.2, 0.25) is 0 Å². The van der Waals surface area contributed by atoms with Crippen molar-refractivity contribution in [3.63, 3.8) is 0 Å². The van der Waals surface area contributed by atoms with E-state index in [0.717, 1.165) is 34.6 Å². The highest BCUT2D eigenvalue weighted by atomic mass is 16.5. The van der Waals surface area contributed by atoms with Gasteiger partial charge in [-0.2, -0.15) is 0 Å². The Balaban J connectivity index is 0.939. The first-order chi connectivity index (χ1) is 28.7. The van der Waals surface area contributed by atoms with Crippen LogP contribution in [0.4, 0.5) is 22.7 Å². The summed E-state index contributed by atoms with van der Waals surface area (Å²) in [5, 5.41) is 3.52. The van der Waals surface area contributed by atoms with Gasteiger partial charge in [0.1, 0.15) is 31.3 Å². The zero-order valence-corrected chi connectivity index (χ0v) is 33.7. The van der Waals surface area contributed by atoms with Crippen LogP contribution in [-0.2, 0) is 30.8 Å². The Morgan fingerprint density at radius 2 is 1.46 bits per heavy atom. The average molecular weight is 794 g/mol. The maximum Gasteiger partial charge on any atom is 0.261 e. The lowest BCUT2D eigenvalue weighted by atomic mass is 10.1. The monoisotopic (exact) mass is 793 g/mol. The molecule has 0 radical (unpaired) electrons. The van der Waals surface area contributed by atoms with E-state index in [0.29, 0.717) is 89.9 Å². The molecular formula is C47H47N5O7. The van der Waals surface area contributed by atoms with E-state index in [-0.39, 0.29) is 37.1 Å². The van der Waals surface area contributed by atoms with Gasteiger partial charge in [0, 0.05) is 61.4 Å². The van der Waals surface area contributed by atoms with Gasteiger partial charge in [0.25, 0.3) is 11.8 Å². The number of fused-ring (bicyclic) bond motifs is 8. The van der Waals surface area contributed by atoms with Gasteiger partial charge in [-0.3, -0.25) is 24.5 Å². The van der Waals surface area contributed by atoms with Gasteiger partial charge in [0.05, 0.1) is 59.7 Å². The van der Waals surface area contributed by atoms with Crippen molar-refractivity contribution in [3.8, 4) is 23.0 Å². The molecule has 2 atom stereocenters. The van der Waals surface area contributed by atoms with Gasteiger partial charge < -0.3 is 33.9 Å². The normalized spacial score (nSPS) is 17.2. The number of aromatic nitrogens is 1. The standard InChI is InChI=1S/C47H47N5O7/c1-28(2)25-56-13-14-57-36-18-32(26-58-43-21-39-37(15-29(43)3)46(53)51-34(23-48-39)16-30-9-5-7-11-41(30)51)50-33(19-36)27-59-45-22-40-38(20-44(45)55-4)47(54)52-35(24-49-40)17-31-10-6-8-12-42(31)52/h5-12,15,18-22,24,28,34-35,48H,13-14,16-17,23,25-27H2,1-4H3/t34-,35-/m0/s1. The van der Waals surface area contributed by atoms with Gasteiger partial charge in [0.15, 0.2) is 11.5 Å². The summed E-state index contributed by atoms with van der Waals surface area (Å²) < 4.78 is 30.4. The Bertz CT molecular complexity index is 2470. The van der Waals surface area contributed by atoms with Crippen LogP contribution in [-0.4, -0.2) is 68.6 Å². The summed E-state index contributed by atoms with van der Waals surface area (Å²) in [6.45, 7) is 8.46. The molecule has 1 aromatic heterocycles. The van der Waals surface area contributed by atoms with Crippen molar-refractivity contribution in [2.75, 3.05) is 48.6 Å². The number of carbonyl (C=O) groups excluding carboxylic acids is 2. The molecule has 59 heavy (non-hydrogen) atoms. The summed E-state index contributed by atoms with van der Waals surface area (Å²) >= 11 is 0. The molecule has 2 amide bonds. The molecule has 0 spiro atoms. The predicted octanol–water partition coefficient (Wildman–Crippen LogP) is 7.89. The van der Waals surface area contributed by atoms with Crippen molar-refractivity contribution < 1.29 is 33.3 Å². The molecular weight excluding hydrogens is 747 g/mol. The fourth-order valence-corrected chi connectivity index (χ4v) is 8.30. The first-order valence-corrected chi connectivity index (χ1v) is 20.2. The van der Waals surface area contributed by atoms with E-state index in [1.807, 2.05) is 89.7 Å². The van der Waals surface area contributed by atoms with Crippen molar-refractivity contribution in [3.05, 3.63) is 124 Å². The Morgan fingerprint density at radius 3 is 2.20 bits per heavy atom. The number of hydrogen-bond donors (Lipinski definition) is 1. The van der Waals surface area contributed by atoms with Crippen LogP contribution in [0.5, 0.6) is 23.0 Å². The number of pyridine rings is 1. The third-order valence-electron chi connectivity index (χ3n) is 11.1. The summed E-state index contributed by atoms with van der Waals surface area (Å²) in [4.78, 5) is 41.2. The maximum absolute atomic E-state index is 13.9. The smallest absolute Gasteiger partial charge is 0.261 e. The van der Waals surface area contributed by atoms with Crippen LogP contribution in [0.25, 0.3) is 0 Å². The largest absolute Gasteiger partial charge is 0.493 e. The Kier molecular flexibility index (Phi) is 10.4. The third kappa shape index (κ3) is 7.56. The molecule has 9 rings (SSSR count). The molecule has 1 N–H and O–H groups in total. The second kappa shape index (κ2) is 16.1. The number of benzene rings is 4. The van der Waals surface area contributed by atoms with E-state index in [2.05, 4.69) is 25.2 Å². The molecule has 0 fully saturated rings. The molecule has 0 saturated heterocycles. The lowest BCUT2D eigenvalue weighted by Gasteiger charge is -2.22. The van der Waals surface area contributed by atoms with Gasteiger partial charge in [-0.05, 0) is 60.2 Å². The SMILES string of the molecule is COc1cc2c(cc1OCc1cc(OCCOCC(C)C)cc(COc3cc4c(cc3C)C(=O)N3c5ccccc5C[C@H]3CN4)n1)N=C[C@@H]1Cc3ccccc3N1C2=O. The van der Waals surface area contributed by atoms with Crippen LogP contribution < -0.4 is 34.1 Å². The Hall–Kier alpha value is -6.40. The van der Waals surface area contributed by atoms with Crippen molar-refractivity contribution in [2.45, 2.75) is 58.9 Å². The van der Waals surface area contributed by atoms with Gasteiger partial charge in [-0.25, -0.2) is 0 Å². The zero-order chi connectivity index (χ0) is 40.6. The number of anilines is 3. The van der Waals surface area contributed by atoms with E-state index < -0.39 is 0 Å². The number of nitrogens with one attached hydrogen (secondary N) is 1. The fraction of sp³-hybridized carbons (Fsp3) is 0.319. The van der Waals surface area contributed by atoms with Crippen molar-refractivity contribution in [1.29, 1.82) is 0 Å². The minimum atomic E-state index is -0.171. The van der Waals surface area contributed by atoms with E-state index in [9.17, 15) is 9.59 Å². The predicted molar refractivity (Wildman–Crippen MR) is 226 cm³/mol. The molecule has 0 unspecified atom stereocenters. The van der Waals surface area contributed by atoms with Crippen molar-refractivity contribution in [1.82, 2.24) is 4.98 Å². The lowest BCUT2D eigenvalue weighted by Crippen LogP contribution is -2.39. The minimum absolute atomic E-state index is 0.0150. The highest BCUT2D eigenvalue weighted by Crippen LogP contribution is 2.42. The van der Waals surface area contributed by atoms with Crippen LogP contribution in [0, 0.1) is 12.8 Å². The van der Waals surface area contributed by atoms with E-state index in [4.69, 9.17) is 33.7 Å². The second-order valence-corrected chi connectivity index (χ2v) is 15.8. The number of aliphatic imine (C=N–C) groups is 1. The topological polar surface area (TPSA) is 124 Å². The number of methoxy groups -OCH3 is 1. The first kappa shape index (κ1) is 38.1. The molecule has 4 aliphatic rings. The summed E-state index contributed by atoms with van der Waals surface area (Å²) in [6.07, 6.45) is 3.35. The molecule has 0 bridgehead atoms. The third-order valence-corrected chi connectivity index (χ3v) is 11.1. The highest BCUT2D eigenvalue weighted by molar-refractivity contribution is 6.15. The number of para-hydroxylation sites is 2. The molecule has 4 aromatic carbocycles. The van der Waals surface area contributed by atoms with Gasteiger partial charge in [-0.1, -0.05) is 50.2 Å². The van der Waals surface area contributed by atoms with E-state index in [1.54, 1.807) is 19.2 Å². The first-order valence-electron chi connectivity index (χ1n) is 20.2. The molecule has 5 heterocycles. The van der Waals surface area contributed by atoms with Crippen LogP contribution in [0.15, 0.2) is 89.9 Å². The second-order valence-electron chi connectivity index (χ2n) is 15.8. The van der Waals surface area contributed by atoms with Gasteiger partial charge in [-0.15, -0.1) is 0 Å². The number of hydrogen-bond acceptors (Lipinski definition) is 10. The number of nitrogens with zero attached hydrogens (tertiary/aromatic N) is 4. The summed E-state index contributed by atoms with van der Waals surface area (Å²) in [7, 11) is 1.55. The average Bonchev–Trinajstić information content (AvgIpc) is 3.73. The maximum atomic E-state index is 13.9. The van der Waals surface area contributed by atoms with Crippen molar-refractivity contribution >= 4 is 40.8 Å². The number of aryl methyl sites for hydroxylation is 1. The summed E-state index contributed by atoms with van der Waals surface area (Å²) in [5.41, 5.74) is 8.57. The number of rotatable bonds is 13. The number of amides is 2. The minimum Gasteiger partial charge on any atom is -0.493 e. The molecule has 0 aliphatic carbocycles. The van der Waals surface area contributed by atoms with Crippen LogP contribution in [0.1, 0.15) is 62.6 Å². The summed E-state index contributed by atoms with van der Waals surface area (Å²) in [5.74, 6) is 2.35. The quantitative estimate of drug-likeness (QED) is 0.119. The molecule has 12 nitrogen and oxygen atoms in total. The Morgan fingerprint density at radius 1 is 0.763 bits per heavy atom. The number of ether oxygens (including phenoxy) is 5. The van der Waals surface area contributed by atoms with Crippen LogP contribution in [0.3, 0.4) is 0 Å². The molecule has 302 valence electrons. The molecule has 4 aliphatic heterocycles. The summed E-state index contributed by atoms with van der Waals surface area (Å²) in [6, 6.07) is 26.9. The Labute approximate surface area is 343 Å². The highest BCUT2D eigenvalue weighted by Gasteiger charge is 2.38. The van der Waals surface area contributed by atoms with E-state index in [1.165, 1.54) is 5.56 Å². The zero-order valence-electron chi connectivity index (χ0n) is 33.7. The van der Waals surface area contributed by atoms with Gasteiger partial charge >= 0.3 is 0 Å². The number of carbonyl (C=O) groups is 2. The van der Waals surface area contributed by atoms with Crippen LogP contribution >= 0.6 is 0 Å². The molecule has 5 aromatic rings. The lowest BCUT2D eigenvalue weighted by molar-refractivity contribution is 0.0817. The van der Waals surface area contributed by atoms with Gasteiger partial charge in [0.2, 0.25) is 0 Å². The molecule has 0 saturated carbocycles. The van der Waals surface area contributed by atoms with E-state index >= 15 is 0 Å². The molecule has 12 heteroatoms. The van der Waals surface area contributed by atoms with Crippen molar-refractivity contribution in [2.24, 2.45) is 10.9 Å². The fourth-order valence-electron chi connectivity index (χ4n) is 8.30.